The number of hydrogen-bond acceptors (Lipinski definition) is 2. The van der Waals surface area contributed by atoms with Gasteiger partial charge in [-0.25, -0.2) is 0 Å². The third kappa shape index (κ3) is 2.50. The fourth-order valence-electron chi connectivity index (χ4n) is 3.04. The van der Waals surface area contributed by atoms with Gasteiger partial charge in [-0.2, -0.15) is 0 Å². The van der Waals surface area contributed by atoms with Crippen molar-refractivity contribution in [3.05, 3.63) is 85.2 Å². The van der Waals surface area contributed by atoms with Crippen molar-refractivity contribution in [1.82, 2.24) is 19.9 Å². The van der Waals surface area contributed by atoms with Gasteiger partial charge in [0.25, 0.3) is 5.56 Å². The van der Waals surface area contributed by atoms with Gasteiger partial charge < -0.3 is 15.0 Å². The molecule has 2 aliphatic rings. The summed E-state index contributed by atoms with van der Waals surface area (Å²) in [5, 5.41) is 2.22. The van der Waals surface area contributed by atoms with E-state index in [1.807, 2.05) is 44.3 Å². The molecule has 0 fully saturated rings. The summed E-state index contributed by atoms with van der Waals surface area (Å²) in [5.74, 6) is 0. The zero-order valence-electron chi connectivity index (χ0n) is 14.1. The molecule has 3 N–H and O–H groups in total. The molecule has 2 aliphatic heterocycles. The molecule has 0 bridgehead atoms. The second-order valence-corrected chi connectivity index (χ2v) is 6.21. The maximum atomic E-state index is 12.5. The van der Waals surface area contributed by atoms with Crippen molar-refractivity contribution in [3.8, 4) is 11.1 Å². The van der Waals surface area contributed by atoms with Gasteiger partial charge in [0.15, 0.2) is 0 Å². The summed E-state index contributed by atoms with van der Waals surface area (Å²) >= 11 is 0. The fraction of sp³-hybridized carbons (Fsp3) is 0.100. The molecule has 0 radical (unpaired) electrons. The van der Waals surface area contributed by atoms with Gasteiger partial charge in [0.05, 0.1) is 5.22 Å². The van der Waals surface area contributed by atoms with E-state index in [0.717, 1.165) is 33.0 Å². The molecule has 0 saturated carbocycles. The van der Waals surface area contributed by atoms with E-state index in [0.29, 0.717) is 10.7 Å². The molecule has 5 heteroatoms. The first-order valence-electron chi connectivity index (χ1n) is 8.05. The van der Waals surface area contributed by atoms with Crippen LogP contribution in [0.4, 0.5) is 0 Å². The third-order valence-corrected chi connectivity index (χ3v) is 4.65. The Labute approximate surface area is 143 Å². The Morgan fingerprint density at radius 1 is 1.16 bits per heavy atom. The molecule has 0 amide bonds. The molecule has 0 atom stereocenters. The quantitative estimate of drug-likeness (QED) is 0.523. The van der Waals surface area contributed by atoms with Crippen LogP contribution >= 0.6 is 0 Å². The Kier molecular flexibility index (Phi) is 3.42. The van der Waals surface area contributed by atoms with E-state index >= 15 is 0 Å². The highest BCUT2D eigenvalue weighted by Crippen LogP contribution is 2.14. The van der Waals surface area contributed by atoms with Crippen molar-refractivity contribution in [2.45, 2.75) is 13.8 Å². The largest absolute Gasteiger partial charge is 0.361 e. The van der Waals surface area contributed by atoms with Crippen LogP contribution in [-0.2, 0) is 0 Å². The maximum absolute atomic E-state index is 12.5. The van der Waals surface area contributed by atoms with Crippen molar-refractivity contribution in [2.24, 2.45) is 0 Å². The van der Waals surface area contributed by atoms with Crippen LogP contribution in [0.25, 0.3) is 23.8 Å². The molecule has 0 aromatic carbocycles. The Hall–Kier alpha value is -3.34. The van der Waals surface area contributed by atoms with Crippen molar-refractivity contribution in [1.29, 1.82) is 0 Å². The number of pyridine rings is 1. The number of H-pyrrole nitrogens is 3. The highest BCUT2D eigenvalue weighted by atomic mass is 16.1. The average molecular weight is 330 g/mol. The number of rotatable bonds is 2. The Morgan fingerprint density at radius 2 is 1.92 bits per heavy atom. The van der Waals surface area contributed by atoms with E-state index in [9.17, 15) is 4.79 Å². The molecule has 2 aromatic heterocycles. The van der Waals surface area contributed by atoms with E-state index < -0.39 is 0 Å². The number of aryl methyl sites for hydroxylation is 1. The molecular weight excluding hydrogens is 312 g/mol. The van der Waals surface area contributed by atoms with Crippen LogP contribution in [0.2, 0.25) is 0 Å². The second kappa shape index (κ2) is 5.63. The molecule has 0 saturated heterocycles. The second-order valence-electron chi connectivity index (χ2n) is 6.21. The fourth-order valence-corrected chi connectivity index (χ4v) is 3.04. The lowest BCUT2D eigenvalue weighted by Gasteiger charge is -2.02. The van der Waals surface area contributed by atoms with Gasteiger partial charge in [-0.1, -0.05) is 6.58 Å². The number of hydrogen-bond donors (Lipinski definition) is 3. The zero-order valence-corrected chi connectivity index (χ0v) is 14.1. The summed E-state index contributed by atoms with van der Waals surface area (Å²) in [7, 11) is 0. The first-order valence-corrected chi connectivity index (χ1v) is 8.05. The molecule has 5 nitrogen and oxygen atoms in total. The van der Waals surface area contributed by atoms with Crippen LogP contribution in [-0.4, -0.2) is 19.9 Å². The van der Waals surface area contributed by atoms with E-state index in [2.05, 4.69) is 26.5 Å². The highest BCUT2D eigenvalue weighted by Gasteiger charge is 2.07. The van der Waals surface area contributed by atoms with Gasteiger partial charge in [0, 0.05) is 40.4 Å². The van der Waals surface area contributed by atoms with Crippen molar-refractivity contribution in [3.63, 3.8) is 0 Å². The molecule has 0 aliphatic carbocycles. The topological polar surface area (TPSA) is 77.3 Å². The molecule has 0 spiro atoms. The normalized spacial score (nSPS) is 12.2. The SMILES string of the molecule is C=c1[nH]c2[nH]c(=O)c(=Cc3[nH]cc(C)c3C)c=2cc1-c1ccncc1. The predicted molar refractivity (Wildman–Crippen MR) is 98.6 cm³/mol. The summed E-state index contributed by atoms with van der Waals surface area (Å²) in [4.78, 5) is 25.8. The number of aromatic nitrogens is 4. The molecule has 4 heterocycles. The standard InChI is InChI=1S/C20H18N4O/c1-11-10-22-18(12(11)2)9-17-16-8-15(14-4-6-21-7-5-14)13(3)23-19(16)24-20(17)25/h4-10,22-23H,3H2,1-2H3,(H,24,25). The van der Waals surface area contributed by atoms with Gasteiger partial charge in [-0.3, -0.25) is 9.78 Å². The Bertz CT molecular complexity index is 1290. The molecule has 4 rings (SSSR count). The maximum Gasteiger partial charge on any atom is 0.257 e. The summed E-state index contributed by atoms with van der Waals surface area (Å²) in [6.07, 6.45) is 7.33. The van der Waals surface area contributed by atoms with Crippen LogP contribution in [0.5, 0.6) is 0 Å². The minimum atomic E-state index is -0.121. The van der Waals surface area contributed by atoms with Crippen LogP contribution < -0.4 is 16.1 Å². The lowest BCUT2D eigenvalue weighted by molar-refractivity contribution is 1.08. The zero-order chi connectivity index (χ0) is 17.6. The molecular formula is C20H18N4O. The van der Waals surface area contributed by atoms with Gasteiger partial charge in [0.2, 0.25) is 0 Å². The average Bonchev–Trinajstić information content (AvgIpc) is 3.08. The van der Waals surface area contributed by atoms with Crippen molar-refractivity contribution >= 4 is 12.7 Å². The minimum absolute atomic E-state index is 0.121. The summed E-state index contributed by atoms with van der Waals surface area (Å²) in [6, 6.07) is 5.85. The summed E-state index contributed by atoms with van der Waals surface area (Å²) in [6.45, 7) is 8.16. The van der Waals surface area contributed by atoms with Crippen molar-refractivity contribution in [2.75, 3.05) is 0 Å². The Morgan fingerprint density at radius 3 is 2.60 bits per heavy atom. The molecule has 2 aromatic rings. The van der Waals surface area contributed by atoms with E-state index in [-0.39, 0.29) is 5.56 Å². The summed E-state index contributed by atoms with van der Waals surface area (Å²) in [5.41, 5.74) is 5.76. The van der Waals surface area contributed by atoms with Gasteiger partial charge in [-0.15, -0.1) is 0 Å². The molecule has 25 heavy (non-hydrogen) atoms. The first-order chi connectivity index (χ1) is 12.0. The summed E-state index contributed by atoms with van der Waals surface area (Å²) < 4.78 is 0. The van der Waals surface area contributed by atoms with Crippen LogP contribution in [0.15, 0.2) is 41.6 Å². The highest BCUT2D eigenvalue weighted by molar-refractivity contribution is 5.63. The first kappa shape index (κ1) is 15.2. The lowest BCUT2D eigenvalue weighted by Crippen LogP contribution is -2.22. The van der Waals surface area contributed by atoms with Crippen LogP contribution in [0, 0.1) is 24.5 Å². The number of nitrogens with zero attached hydrogens (tertiary/aromatic N) is 1. The smallest absolute Gasteiger partial charge is 0.257 e. The number of nitrogens with one attached hydrogen (secondary N) is 3. The van der Waals surface area contributed by atoms with Gasteiger partial charge in [-0.05, 0) is 54.8 Å². The van der Waals surface area contributed by atoms with E-state index in [1.54, 1.807) is 12.4 Å². The van der Waals surface area contributed by atoms with Gasteiger partial charge in [0.1, 0.15) is 5.48 Å². The lowest BCUT2D eigenvalue weighted by atomic mass is 10.1. The van der Waals surface area contributed by atoms with E-state index in [4.69, 9.17) is 0 Å². The van der Waals surface area contributed by atoms with Crippen LogP contribution in [0.3, 0.4) is 0 Å². The molecule has 124 valence electrons. The van der Waals surface area contributed by atoms with Crippen LogP contribution in [0.1, 0.15) is 16.8 Å². The number of aromatic amines is 3. The Balaban J connectivity index is 2.06. The third-order valence-electron chi connectivity index (χ3n) is 4.65. The van der Waals surface area contributed by atoms with E-state index in [1.165, 1.54) is 5.56 Å². The predicted octanol–water partition coefficient (Wildman–Crippen LogP) is 1.67. The minimum Gasteiger partial charge on any atom is -0.361 e. The molecule has 0 unspecified atom stereocenters. The van der Waals surface area contributed by atoms with Crippen molar-refractivity contribution < 1.29 is 0 Å². The van der Waals surface area contributed by atoms with Gasteiger partial charge >= 0.3 is 0 Å². The monoisotopic (exact) mass is 330 g/mol.